The predicted octanol–water partition coefficient (Wildman–Crippen LogP) is 2.84. The second-order valence-electron chi connectivity index (χ2n) is 8.37. The summed E-state index contributed by atoms with van der Waals surface area (Å²) in [6.45, 7) is 2.55. The first-order chi connectivity index (χ1) is 16.0. The maximum absolute atomic E-state index is 13.6. The van der Waals surface area contributed by atoms with Gasteiger partial charge in [0.25, 0.3) is 0 Å². The Hall–Kier alpha value is -3.65. The van der Waals surface area contributed by atoms with Crippen molar-refractivity contribution < 1.29 is 14.4 Å². The summed E-state index contributed by atoms with van der Waals surface area (Å²) < 4.78 is 8.58. The Morgan fingerprint density at radius 1 is 1.15 bits per heavy atom. The minimum Gasteiger partial charge on any atom is -0.497 e. The van der Waals surface area contributed by atoms with E-state index in [1.165, 1.54) is 18.1 Å². The number of hydrogen-bond acceptors (Lipinski definition) is 6. The van der Waals surface area contributed by atoms with Crippen LogP contribution < -0.4 is 20.9 Å². The Kier molecular flexibility index (Phi) is 5.38. The van der Waals surface area contributed by atoms with Crippen molar-refractivity contribution in [2.75, 3.05) is 13.7 Å². The van der Waals surface area contributed by atoms with Gasteiger partial charge >= 0.3 is 11.5 Å². The van der Waals surface area contributed by atoms with Gasteiger partial charge in [-0.1, -0.05) is 0 Å². The van der Waals surface area contributed by atoms with Crippen molar-refractivity contribution in [1.82, 2.24) is 14.3 Å². The largest absolute Gasteiger partial charge is 0.497 e. The molecule has 0 atom stereocenters. The van der Waals surface area contributed by atoms with Crippen LogP contribution in [0.2, 0.25) is 0 Å². The fourth-order valence-corrected chi connectivity index (χ4v) is 4.66. The van der Waals surface area contributed by atoms with Gasteiger partial charge in [0.1, 0.15) is 17.0 Å². The van der Waals surface area contributed by atoms with Gasteiger partial charge in [0.05, 0.1) is 12.6 Å². The van der Waals surface area contributed by atoms with Crippen molar-refractivity contribution in [3.05, 3.63) is 58.0 Å². The SMILES string of the molecule is COc1ccc2c(c1)c(-c1nc3cc4c(cc3n(OC(C)=O)c1=O)CCC4)cn2CCCN. The molecule has 0 fully saturated rings. The molecule has 5 rings (SSSR count). The summed E-state index contributed by atoms with van der Waals surface area (Å²) in [7, 11) is 1.61. The number of aromatic nitrogens is 3. The zero-order valence-electron chi connectivity index (χ0n) is 18.8. The molecular formula is C25H26N4O4. The van der Waals surface area contributed by atoms with E-state index in [0.717, 1.165) is 41.3 Å². The summed E-state index contributed by atoms with van der Waals surface area (Å²) in [6.07, 6.45) is 5.69. The van der Waals surface area contributed by atoms with Crippen LogP contribution in [0.4, 0.5) is 0 Å². The fraction of sp³-hybridized carbons (Fsp3) is 0.320. The molecule has 0 amide bonds. The van der Waals surface area contributed by atoms with Gasteiger partial charge in [0.2, 0.25) is 0 Å². The highest BCUT2D eigenvalue weighted by Crippen LogP contribution is 2.33. The molecule has 2 aromatic carbocycles. The molecule has 0 saturated carbocycles. The Morgan fingerprint density at radius 2 is 1.94 bits per heavy atom. The number of nitrogens with zero attached hydrogens (tertiary/aromatic N) is 3. The van der Waals surface area contributed by atoms with Gasteiger partial charge in [0.15, 0.2) is 0 Å². The molecule has 0 bridgehead atoms. The van der Waals surface area contributed by atoms with E-state index in [1.807, 2.05) is 36.5 Å². The van der Waals surface area contributed by atoms with Crippen LogP contribution in [-0.2, 0) is 24.2 Å². The van der Waals surface area contributed by atoms with E-state index in [2.05, 4.69) is 4.57 Å². The van der Waals surface area contributed by atoms with E-state index in [4.69, 9.17) is 20.3 Å². The molecule has 0 aliphatic heterocycles. The van der Waals surface area contributed by atoms with Crippen molar-refractivity contribution >= 4 is 27.9 Å². The maximum Gasteiger partial charge on any atom is 0.330 e. The number of carbonyl (C=O) groups excluding carboxylic acids is 1. The van der Waals surface area contributed by atoms with Gasteiger partial charge in [0, 0.05) is 36.1 Å². The molecule has 33 heavy (non-hydrogen) atoms. The first kappa shape index (κ1) is 21.2. The van der Waals surface area contributed by atoms with E-state index in [9.17, 15) is 9.59 Å². The molecule has 2 heterocycles. The molecule has 170 valence electrons. The maximum atomic E-state index is 13.6. The average molecular weight is 447 g/mol. The molecule has 1 aliphatic rings. The van der Waals surface area contributed by atoms with Gasteiger partial charge in [-0.3, -0.25) is 4.79 Å². The minimum atomic E-state index is -0.567. The smallest absolute Gasteiger partial charge is 0.330 e. The number of nitrogens with two attached hydrogens (primary N) is 1. The molecule has 0 radical (unpaired) electrons. The topological polar surface area (TPSA) is 101 Å². The van der Waals surface area contributed by atoms with Crippen LogP contribution in [0.1, 0.15) is 30.9 Å². The highest BCUT2D eigenvalue weighted by atomic mass is 16.7. The third-order valence-corrected chi connectivity index (χ3v) is 6.19. The summed E-state index contributed by atoms with van der Waals surface area (Å²) >= 11 is 0. The number of rotatable bonds is 6. The molecule has 0 saturated heterocycles. The summed E-state index contributed by atoms with van der Waals surface area (Å²) in [6, 6.07) is 9.68. The molecule has 1 aliphatic carbocycles. The second kappa shape index (κ2) is 8.37. The molecule has 8 heteroatoms. The second-order valence-corrected chi connectivity index (χ2v) is 8.37. The van der Waals surface area contributed by atoms with Gasteiger partial charge < -0.3 is 19.9 Å². The number of aryl methyl sites for hydroxylation is 3. The summed E-state index contributed by atoms with van der Waals surface area (Å²) in [5, 5.41) is 0.839. The minimum absolute atomic E-state index is 0.228. The van der Waals surface area contributed by atoms with Crippen molar-refractivity contribution in [3.63, 3.8) is 0 Å². The zero-order valence-corrected chi connectivity index (χ0v) is 18.8. The Labute approximate surface area is 190 Å². The summed E-state index contributed by atoms with van der Waals surface area (Å²) in [5.41, 5.74) is 10.6. The highest BCUT2D eigenvalue weighted by Gasteiger charge is 2.22. The molecule has 0 spiro atoms. The lowest BCUT2D eigenvalue weighted by atomic mass is 10.1. The highest BCUT2D eigenvalue weighted by molar-refractivity contribution is 5.97. The van der Waals surface area contributed by atoms with Gasteiger partial charge in [-0.05, 0) is 73.7 Å². The third-order valence-electron chi connectivity index (χ3n) is 6.19. The first-order valence-electron chi connectivity index (χ1n) is 11.1. The van der Waals surface area contributed by atoms with E-state index in [0.29, 0.717) is 35.4 Å². The lowest BCUT2D eigenvalue weighted by Crippen LogP contribution is -2.31. The molecule has 2 N–H and O–H groups in total. The number of benzene rings is 2. The number of ether oxygens (including phenoxy) is 1. The average Bonchev–Trinajstić information content (AvgIpc) is 3.41. The normalized spacial score (nSPS) is 12.9. The first-order valence-corrected chi connectivity index (χ1v) is 11.1. The van der Waals surface area contributed by atoms with Crippen LogP contribution in [-0.4, -0.2) is 33.9 Å². The van der Waals surface area contributed by atoms with Gasteiger partial charge in [-0.2, -0.15) is 0 Å². The van der Waals surface area contributed by atoms with Crippen molar-refractivity contribution in [2.45, 2.75) is 39.2 Å². The van der Waals surface area contributed by atoms with Crippen LogP contribution in [0, 0.1) is 0 Å². The van der Waals surface area contributed by atoms with E-state index < -0.39 is 11.5 Å². The van der Waals surface area contributed by atoms with Crippen molar-refractivity contribution in [1.29, 1.82) is 0 Å². The quantitative estimate of drug-likeness (QED) is 0.489. The summed E-state index contributed by atoms with van der Waals surface area (Å²) in [4.78, 5) is 35.6. The molecule has 0 unspecified atom stereocenters. The number of carbonyl (C=O) groups is 1. The van der Waals surface area contributed by atoms with Gasteiger partial charge in [-0.25, -0.2) is 9.78 Å². The molecule has 2 aromatic heterocycles. The number of hydrogen-bond donors (Lipinski definition) is 1. The number of fused-ring (bicyclic) bond motifs is 3. The van der Waals surface area contributed by atoms with Crippen LogP contribution in [0.5, 0.6) is 5.75 Å². The van der Waals surface area contributed by atoms with E-state index in [-0.39, 0.29) is 5.69 Å². The van der Waals surface area contributed by atoms with Crippen molar-refractivity contribution in [3.8, 4) is 17.0 Å². The third kappa shape index (κ3) is 3.66. The number of methoxy groups -OCH3 is 1. The van der Waals surface area contributed by atoms with E-state index >= 15 is 0 Å². The monoisotopic (exact) mass is 446 g/mol. The van der Waals surface area contributed by atoms with E-state index in [1.54, 1.807) is 7.11 Å². The predicted molar refractivity (Wildman–Crippen MR) is 126 cm³/mol. The zero-order chi connectivity index (χ0) is 23.1. The molecule has 8 nitrogen and oxygen atoms in total. The lowest BCUT2D eigenvalue weighted by molar-refractivity contribution is -0.141. The Bertz CT molecular complexity index is 1450. The molecular weight excluding hydrogens is 420 g/mol. The van der Waals surface area contributed by atoms with Crippen LogP contribution >= 0.6 is 0 Å². The fourth-order valence-electron chi connectivity index (χ4n) is 4.66. The summed E-state index contributed by atoms with van der Waals surface area (Å²) in [5.74, 6) is 0.113. The molecule has 4 aromatic rings. The van der Waals surface area contributed by atoms with Crippen LogP contribution in [0.15, 0.2) is 41.3 Å². The van der Waals surface area contributed by atoms with Crippen LogP contribution in [0.25, 0.3) is 33.2 Å². The standard InChI is InChI=1S/C25H26N4O4/c1-15(30)33-29-23-12-17-6-3-5-16(17)11-21(23)27-24(25(29)31)20-14-28(10-4-9-26)22-8-7-18(32-2)13-19(20)22/h7-8,11-14H,3-6,9-10,26H2,1-2H3. The lowest BCUT2D eigenvalue weighted by Gasteiger charge is -2.12. The van der Waals surface area contributed by atoms with Gasteiger partial charge in [-0.15, -0.1) is 4.73 Å². The Morgan fingerprint density at radius 3 is 2.67 bits per heavy atom. The van der Waals surface area contributed by atoms with Crippen molar-refractivity contribution in [2.24, 2.45) is 5.73 Å². The van der Waals surface area contributed by atoms with Crippen LogP contribution in [0.3, 0.4) is 0 Å². The Balaban J connectivity index is 1.81.